The topological polar surface area (TPSA) is 47.6 Å². The third-order valence-corrected chi connectivity index (χ3v) is 5.37. The van der Waals surface area contributed by atoms with Crippen LogP contribution in [-0.2, 0) is 9.47 Å². The number of ether oxygens (including phenoxy) is 2. The molecule has 0 saturated heterocycles. The first-order valence-corrected chi connectivity index (χ1v) is 9.48. The quantitative estimate of drug-likeness (QED) is 0.658. The molecule has 1 saturated carbocycles. The molecular formula is C18H26INO3. The maximum absolute atomic E-state index is 12.2. The molecule has 0 aliphatic heterocycles. The lowest BCUT2D eigenvalue weighted by atomic mass is 9.96. The molecule has 0 heterocycles. The number of alkyl carbamates (subject to hydrolysis) is 1. The number of nitrogens with one attached hydrogen (secondary N) is 1. The standard InChI is InChI=1S/C18H26INO3/c1-3-16(17(22-2)14-11-7-8-12-15(14)19)23-18(21)20-13-9-5-4-6-10-13/h7-8,11-13,16-17H,3-6,9-10H2,1-2H3,(H,20,21)/t16-,17-/m0/s1. The SMILES string of the molecule is CC[C@H](OC(=O)NC1CCCCC1)[C@@H](OC)c1ccccc1I. The van der Waals surface area contributed by atoms with Gasteiger partial charge in [-0.2, -0.15) is 0 Å². The number of carbonyl (C=O) groups excluding carboxylic acids is 1. The van der Waals surface area contributed by atoms with Crippen molar-refractivity contribution in [3.8, 4) is 0 Å². The van der Waals surface area contributed by atoms with E-state index in [0.717, 1.165) is 22.0 Å². The van der Waals surface area contributed by atoms with E-state index in [1.165, 1.54) is 19.3 Å². The number of carbonyl (C=O) groups is 1. The highest BCUT2D eigenvalue weighted by Gasteiger charge is 2.27. The second-order valence-electron chi connectivity index (χ2n) is 6.01. The molecule has 2 atom stereocenters. The van der Waals surface area contributed by atoms with Crippen LogP contribution in [0.2, 0.25) is 0 Å². The summed E-state index contributed by atoms with van der Waals surface area (Å²) in [7, 11) is 1.67. The Kier molecular flexibility index (Phi) is 7.62. The number of rotatable bonds is 6. The monoisotopic (exact) mass is 431 g/mol. The Bertz CT molecular complexity index is 503. The molecule has 2 rings (SSSR count). The zero-order valence-electron chi connectivity index (χ0n) is 13.9. The van der Waals surface area contributed by atoms with Gasteiger partial charge in [0, 0.05) is 16.7 Å². The van der Waals surface area contributed by atoms with Crippen molar-refractivity contribution in [2.24, 2.45) is 0 Å². The van der Waals surface area contributed by atoms with Crippen molar-refractivity contribution < 1.29 is 14.3 Å². The van der Waals surface area contributed by atoms with E-state index in [1.807, 2.05) is 31.2 Å². The number of methoxy groups -OCH3 is 1. The van der Waals surface area contributed by atoms with E-state index >= 15 is 0 Å². The predicted octanol–water partition coefficient (Wildman–Crippen LogP) is 4.82. The fraction of sp³-hybridized carbons (Fsp3) is 0.611. The molecule has 1 aromatic carbocycles. The molecule has 23 heavy (non-hydrogen) atoms. The Morgan fingerprint density at radius 2 is 2.00 bits per heavy atom. The zero-order chi connectivity index (χ0) is 16.7. The van der Waals surface area contributed by atoms with Gasteiger partial charge in [0.25, 0.3) is 0 Å². The summed E-state index contributed by atoms with van der Waals surface area (Å²) in [5.41, 5.74) is 1.06. The van der Waals surface area contributed by atoms with Crippen LogP contribution in [0.1, 0.15) is 57.1 Å². The highest BCUT2D eigenvalue weighted by Crippen LogP contribution is 2.29. The highest BCUT2D eigenvalue weighted by atomic mass is 127. The lowest BCUT2D eigenvalue weighted by Crippen LogP contribution is -2.39. The van der Waals surface area contributed by atoms with Gasteiger partial charge in [-0.3, -0.25) is 0 Å². The normalized spacial score (nSPS) is 18.2. The summed E-state index contributed by atoms with van der Waals surface area (Å²) in [4.78, 5) is 12.2. The number of hydrogen-bond donors (Lipinski definition) is 1. The predicted molar refractivity (Wildman–Crippen MR) is 99.5 cm³/mol. The molecule has 0 spiro atoms. The maximum atomic E-state index is 12.2. The van der Waals surface area contributed by atoms with Gasteiger partial charge in [-0.05, 0) is 53.5 Å². The van der Waals surface area contributed by atoms with Gasteiger partial charge < -0.3 is 14.8 Å². The van der Waals surface area contributed by atoms with Gasteiger partial charge in [0.2, 0.25) is 0 Å². The fourth-order valence-corrected chi connectivity index (χ4v) is 3.82. The number of benzene rings is 1. The summed E-state index contributed by atoms with van der Waals surface area (Å²) in [6, 6.07) is 8.30. The zero-order valence-corrected chi connectivity index (χ0v) is 16.0. The second kappa shape index (κ2) is 9.47. The molecule has 1 aromatic rings. The molecule has 0 radical (unpaired) electrons. The molecule has 1 fully saturated rings. The van der Waals surface area contributed by atoms with E-state index in [0.29, 0.717) is 6.42 Å². The van der Waals surface area contributed by atoms with E-state index in [1.54, 1.807) is 7.11 Å². The third-order valence-electron chi connectivity index (χ3n) is 4.39. The molecule has 1 aliphatic carbocycles. The van der Waals surface area contributed by atoms with Gasteiger partial charge in [-0.15, -0.1) is 0 Å². The Morgan fingerprint density at radius 3 is 2.61 bits per heavy atom. The van der Waals surface area contributed by atoms with Crippen LogP contribution in [0.3, 0.4) is 0 Å². The molecule has 1 amide bonds. The Labute approximate surface area is 152 Å². The van der Waals surface area contributed by atoms with Crippen LogP contribution in [0.25, 0.3) is 0 Å². The van der Waals surface area contributed by atoms with Gasteiger partial charge in [0.05, 0.1) is 0 Å². The first-order chi connectivity index (χ1) is 11.2. The van der Waals surface area contributed by atoms with E-state index in [-0.39, 0.29) is 24.3 Å². The fourth-order valence-electron chi connectivity index (χ4n) is 3.13. The summed E-state index contributed by atoms with van der Waals surface area (Å²) in [5, 5.41) is 3.01. The van der Waals surface area contributed by atoms with Crippen LogP contribution in [0.4, 0.5) is 4.79 Å². The number of halogens is 1. The molecule has 128 valence electrons. The van der Waals surface area contributed by atoms with Gasteiger partial charge in [-0.25, -0.2) is 4.79 Å². The summed E-state index contributed by atoms with van der Waals surface area (Å²) in [6.07, 6.45) is 5.59. The van der Waals surface area contributed by atoms with Crippen molar-refractivity contribution in [1.82, 2.24) is 5.32 Å². The molecule has 0 aromatic heterocycles. The van der Waals surface area contributed by atoms with E-state index in [4.69, 9.17) is 9.47 Å². The molecule has 1 aliphatic rings. The molecule has 1 N–H and O–H groups in total. The van der Waals surface area contributed by atoms with E-state index in [2.05, 4.69) is 27.9 Å². The van der Waals surface area contributed by atoms with Gasteiger partial charge >= 0.3 is 6.09 Å². The van der Waals surface area contributed by atoms with Crippen LogP contribution in [-0.4, -0.2) is 25.3 Å². The molecule has 5 heteroatoms. The van der Waals surface area contributed by atoms with Crippen molar-refractivity contribution in [3.63, 3.8) is 0 Å². The summed E-state index contributed by atoms with van der Waals surface area (Å²) < 4.78 is 12.5. The third kappa shape index (κ3) is 5.35. The van der Waals surface area contributed by atoms with Crippen LogP contribution >= 0.6 is 22.6 Å². The summed E-state index contributed by atoms with van der Waals surface area (Å²) in [5.74, 6) is 0. The lowest BCUT2D eigenvalue weighted by Gasteiger charge is -2.28. The molecule has 0 bridgehead atoms. The van der Waals surface area contributed by atoms with Gasteiger partial charge in [-0.1, -0.05) is 44.4 Å². The van der Waals surface area contributed by atoms with Crippen molar-refractivity contribution in [2.75, 3.05) is 7.11 Å². The first-order valence-electron chi connectivity index (χ1n) is 8.40. The Balaban J connectivity index is 1.99. The van der Waals surface area contributed by atoms with Crippen LogP contribution in [0.5, 0.6) is 0 Å². The minimum atomic E-state index is -0.322. The van der Waals surface area contributed by atoms with Crippen molar-refractivity contribution in [1.29, 1.82) is 0 Å². The lowest BCUT2D eigenvalue weighted by molar-refractivity contribution is -0.0267. The van der Waals surface area contributed by atoms with Crippen molar-refractivity contribution >= 4 is 28.7 Å². The first kappa shape index (κ1) is 18.5. The van der Waals surface area contributed by atoms with E-state index in [9.17, 15) is 4.79 Å². The van der Waals surface area contributed by atoms with Gasteiger partial charge in [0.1, 0.15) is 12.2 Å². The molecular weight excluding hydrogens is 405 g/mol. The summed E-state index contributed by atoms with van der Waals surface area (Å²) in [6.45, 7) is 2.01. The molecule has 4 nitrogen and oxygen atoms in total. The van der Waals surface area contributed by atoms with Crippen LogP contribution in [0, 0.1) is 3.57 Å². The molecule has 0 unspecified atom stereocenters. The Hall–Kier alpha value is -0.820. The number of hydrogen-bond acceptors (Lipinski definition) is 3. The minimum absolute atomic E-state index is 0.245. The minimum Gasteiger partial charge on any atom is -0.443 e. The second-order valence-corrected chi connectivity index (χ2v) is 7.17. The summed E-state index contributed by atoms with van der Waals surface area (Å²) >= 11 is 2.29. The van der Waals surface area contributed by atoms with Crippen LogP contribution < -0.4 is 5.32 Å². The van der Waals surface area contributed by atoms with E-state index < -0.39 is 0 Å². The maximum Gasteiger partial charge on any atom is 0.407 e. The Morgan fingerprint density at radius 1 is 1.30 bits per heavy atom. The highest BCUT2D eigenvalue weighted by molar-refractivity contribution is 14.1. The van der Waals surface area contributed by atoms with Crippen LogP contribution in [0.15, 0.2) is 24.3 Å². The van der Waals surface area contributed by atoms with Crippen molar-refractivity contribution in [2.45, 2.75) is 63.7 Å². The van der Waals surface area contributed by atoms with Gasteiger partial charge in [0.15, 0.2) is 0 Å². The average molecular weight is 431 g/mol. The number of amides is 1. The smallest absolute Gasteiger partial charge is 0.407 e. The average Bonchev–Trinajstić information content (AvgIpc) is 2.57. The van der Waals surface area contributed by atoms with Crippen molar-refractivity contribution in [3.05, 3.63) is 33.4 Å². The largest absolute Gasteiger partial charge is 0.443 e.